The number of nitrogens with zero attached hydrogens (tertiary/aromatic N) is 3. The van der Waals surface area contributed by atoms with Crippen molar-refractivity contribution in [3.05, 3.63) is 65.0 Å². The smallest absolute Gasteiger partial charge is 0.264 e. The third kappa shape index (κ3) is 5.07. The molecule has 0 fully saturated rings. The molecule has 0 radical (unpaired) electrons. The average Bonchev–Trinajstić information content (AvgIpc) is 3.19. The first kappa shape index (κ1) is 22.0. The quantitative estimate of drug-likeness (QED) is 0.488. The van der Waals surface area contributed by atoms with Crippen molar-refractivity contribution >= 4 is 21.6 Å². The van der Waals surface area contributed by atoms with Gasteiger partial charge in [-0.05, 0) is 30.3 Å². The Morgan fingerprint density at radius 3 is 2.67 bits per heavy atom. The summed E-state index contributed by atoms with van der Waals surface area (Å²) in [6.45, 7) is 0.00550. The van der Waals surface area contributed by atoms with Crippen LogP contribution in [0.4, 0.5) is 4.39 Å². The predicted molar refractivity (Wildman–Crippen MR) is 107 cm³/mol. The lowest BCUT2D eigenvalue weighted by atomic mass is 10.3. The highest BCUT2D eigenvalue weighted by Crippen LogP contribution is 2.28. The molecule has 8 nitrogen and oxygen atoms in total. The normalized spacial score (nSPS) is 11.6. The molecule has 0 atom stereocenters. The number of para-hydroxylation sites is 1. The maximum absolute atomic E-state index is 13.6. The number of rotatable bonds is 9. The van der Waals surface area contributed by atoms with Gasteiger partial charge in [-0.1, -0.05) is 28.9 Å². The van der Waals surface area contributed by atoms with E-state index in [0.29, 0.717) is 11.6 Å². The fourth-order valence-electron chi connectivity index (χ4n) is 2.52. The molecule has 3 rings (SSSR count). The molecule has 0 unspecified atom stereocenters. The number of hydrogen-bond acceptors (Lipinski definition) is 7. The highest BCUT2D eigenvalue weighted by atomic mass is 35.5. The van der Waals surface area contributed by atoms with Crippen LogP contribution >= 0.6 is 11.6 Å². The highest BCUT2D eigenvalue weighted by molar-refractivity contribution is 7.89. The van der Waals surface area contributed by atoms with E-state index in [0.717, 1.165) is 4.31 Å². The summed E-state index contributed by atoms with van der Waals surface area (Å²) in [5.74, 6) is 0.414. The lowest BCUT2D eigenvalue weighted by Gasteiger charge is -2.17. The fourth-order valence-corrected chi connectivity index (χ4v) is 4.04. The molecule has 160 valence electrons. The Morgan fingerprint density at radius 1 is 1.20 bits per heavy atom. The Kier molecular flexibility index (Phi) is 6.91. The summed E-state index contributed by atoms with van der Waals surface area (Å²) in [7, 11) is -0.873. The number of likely N-dealkylation sites (N-methyl/N-ethyl adjacent to an activating group) is 1. The van der Waals surface area contributed by atoms with Crippen LogP contribution in [0.25, 0.3) is 0 Å². The summed E-state index contributed by atoms with van der Waals surface area (Å²) >= 11 is 6.02. The molecule has 0 spiro atoms. The number of ether oxygens (including phenoxy) is 2. The van der Waals surface area contributed by atoms with E-state index in [-0.39, 0.29) is 41.1 Å². The summed E-state index contributed by atoms with van der Waals surface area (Å²) < 4.78 is 55.5. The zero-order valence-corrected chi connectivity index (χ0v) is 17.8. The van der Waals surface area contributed by atoms with Crippen molar-refractivity contribution in [1.82, 2.24) is 14.4 Å². The second-order valence-corrected chi connectivity index (χ2v) is 8.65. The standard InChI is InChI=1S/C19H19ClFN3O5S/c1-24(30(25,26)13-7-8-16(27-2)14(20)11-13)10-9-18-22-19(29-23-18)12-28-17-6-4-3-5-15(17)21/h3-8,11H,9-10,12H2,1-2H3. The molecule has 0 aliphatic carbocycles. The monoisotopic (exact) mass is 455 g/mol. The minimum atomic E-state index is -3.76. The third-order valence-corrected chi connectivity index (χ3v) is 6.33. The second kappa shape index (κ2) is 9.41. The minimum Gasteiger partial charge on any atom is -0.495 e. The second-order valence-electron chi connectivity index (χ2n) is 6.20. The first-order chi connectivity index (χ1) is 14.3. The summed E-state index contributed by atoms with van der Waals surface area (Å²) in [6, 6.07) is 10.2. The molecule has 2 aromatic carbocycles. The number of aromatic nitrogens is 2. The maximum Gasteiger partial charge on any atom is 0.264 e. The Morgan fingerprint density at radius 2 is 1.97 bits per heavy atom. The molecular formula is C19H19ClFN3O5S. The van der Waals surface area contributed by atoms with Crippen molar-refractivity contribution in [2.75, 3.05) is 20.7 Å². The minimum absolute atomic E-state index is 0.0443. The fraction of sp³-hybridized carbons (Fsp3) is 0.263. The van der Waals surface area contributed by atoms with Crippen molar-refractivity contribution in [3.8, 4) is 11.5 Å². The Hall–Kier alpha value is -2.69. The molecule has 1 aromatic heterocycles. The SMILES string of the molecule is COc1ccc(S(=O)(=O)N(C)CCc2noc(COc3ccccc3F)n2)cc1Cl. The summed E-state index contributed by atoms with van der Waals surface area (Å²) in [4.78, 5) is 4.18. The van der Waals surface area contributed by atoms with Crippen LogP contribution in [0.1, 0.15) is 11.7 Å². The third-order valence-electron chi connectivity index (χ3n) is 4.18. The van der Waals surface area contributed by atoms with Crippen molar-refractivity contribution in [1.29, 1.82) is 0 Å². The molecule has 0 aliphatic rings. The van der Waals surface area contributed by atoms with Gasteiger partial charge in [-0.15, -0.1) is 0 Å². The van der Waals surface area contributed by atoms with Gasteiger partial charge in [0.05, 0.1) is 17.0 Å². The number of halogens is 2. The molecule has 0 saturated carbocycles. The highest BCUT2D eigenvalue weighted by Gasteiger charge is 2.22. The van der Waals surface area contributed by atoms with E-state index in [1.165, 1.54) is 44.5 Å². The van der Waals surface area contributed by atoms with Crippen molar-refractivity contribution < 1.29 is 26.8 Å². The van der Waals surface area contributed by atoms with Crippen LogP contribution in [0.5, 0.6) is 11.5 Å². The van der Waals surface area contributed by atoms with Gasteiger partial charge in [0.2, 0.25) is 10.0 Å². The van der Waals surface area contributed by atoms with Gasteiger partial charge in [0.25, 0.3) is 5.89 Å². The van der Waals surface area contributed by atoms with Gasteiger partial charge in [-0.3, -0.25) is 0 Å². The van der Waals surface area contributed by atoms with Crippen LogP contribution in [-0.2, 0) is 23.1 Å². The van der Waals surface area contributed by atoms with Crippen molar-refractivity contribution in [2.45, 2.75) is 17.9 Å². The van der Waals surface area contributed by atoms with E-state index in [4.69, 9.17) is 25.6 Å². The molecule has 0 amide bonds. The van der Waals surface area contributed by atoms with Crippen LogP contribution in [0, 0.1) is 5.82 Å². The predicted octanol–water partition coefficient (Wildman–Crippen LogP) is 3.31. The van der Waals surface area contributed by atoms with Gasteiger partial charge in [0.15, 0.2) is 24.0 Å². The first-order valence-corrected chi connectivity index (χ1v) is 10.6. The molecule has 0 bridgehead atoms. The topological polar surface area (TPSA) is 94.8 Å². The van der Waals surface area contributed by atoms with Gasteiger partial charge in [0.1, 0.15) is 5.75 Å². The zero-order valence-electron chi connectivity index (χ0n) is 16.2. The van der Waals surface area contributed by atoms with E-state index < -0.39 is 15.8 Å². The van der Waals surface area contributed by atoms with E-state index >= 15 is 0 Å². The number of hydrogen-bond donors (Lipinski definition) is 0. The van der Waals surface area contributed by atoms with Gasteiger partial charge >= 0.3 is 0 Å². The van der Waals surface area contributed by atoms with Crippen molar-refractivity contribution in [2.24, 2.45) is 0 Å². The van der Waals surface area contributed by atoms with E-state index in [1.54, 1.807) is 12.1 Å². The molecule has 0 N–H and O–H groups in total. The lowest BCUT2D eigenvalue weighted by Crippen LogP contribution is -2.29. The maximum atomic E-state index is 13.6. The van der Waals surface area contributed by atoms with Crippen LogP contribution in [0.15, 0.2) is 51.9 Å². The molecule has 11 heteroatoms. The zero-order chi connectivity index (χ0) is 21.7. The van der Waals surface area contributed by atoms with E-state index in [1.807, 2.05) is 0 Å². The largest absolute Gasteiger partial charge is 0.495 e. The summed E-state index contributed by atoms with van der Waals surface area (Å²) in [5.41, 5.74) is 0. The Balaban J connectivity index is 1.59. The lowest BCUT2D eigenvalue weighted by molar-refractivity contribution is 0.234. The molecule has 0 aliphatic heterocycles. The van der Waals surface area contributed by atoms with Crippen LogP contribution < -0.4 is 9.47 Å². The van der Waals surface area contributed by atoms with Gasteiger partial charge in [0, 0.05) is 20.0 Å². The number of sulfonamides is 1. The van der Waals surface area contributed by atoms with Gasteiger partial charge in [-0.2, -0.15) is 4.98 Å². The number of benzene rings is 2. The molecule has 1 heterocycles. The Labute approximate surface area is 178 Å². The molecular weight excluding hydrogens is 437 g/mol. The van der Waals surface area contributed by atoms with Crippen LogP contribution in [-0.4, -0.2) is 43.6 Å². The van der Waals surface area contributed by atoms with E-state index in [9.17, 15) is 12.8 Å². The van der Waals surface area contributed by atoms with Gasteiger partial charge in [-0.25, -0.2) is 17.1 Å². The summed E-state index contributed by atoms with van der Waals surface area (Å²) in [5, 5.41) is 3.99. The first-order valence-electron chi connectivity index (χ1n) is 8.80. The Bertz CT molecular complexity index is 1120. The molecule has 0 saturated heterocycles. The summed E-state index contributed by atoms with van der Waals surface area (Å²) in [6.07, 6.45) is 0.211. The van der Waals surface area contributed by atoms with Crippen LogP contribution in [0.3, 0.4) is 0 Å². The molecule has 30 heavy (non-hydrogen) atoms. The van der Waals surface area contributed by atoms with Gasteiger partial charge < -0.3 is 14.0 Å². The van der Waals surface area contributed by atoms with E-state index in [2.05, 4.69) is 10.1 Å². The van der Waals surface area contributed by atoms with Crippen LogP contribution in [0.2, 0.25) is 5.02 Å². The molecule has 3 aromatic rings. The number of methoxy groups -OCH3 is 1. The average molecular weight is 456 g/mol. The van der Waals surface area contributed by atoms with Crippen molar-refractivity contribution in [3.63, 3.8) is 0 Å².